The van der Waals surface area contributed by atoms with Gasteiger partial charge in [-0.15, -0.1) is 0 Å². The maximum atomic E-state index is 11.7. The zero-order valence-electron chi connectivity index (χ0n) is 9.76. The van der Waals surface area contributed by atoms with Gasteiger partial charge in [0, 0.05) is 14.8 Å². The molecule has 1 heterocycles. The number of hydrogen-bond donors (Lipinski definition) is 1. The zero-order chi connectivity index (χ0) is 13.2. The number of aromatic amines is 1. The summed E-state index contributed by atoms with van der Waals surface area (Å²) in [5, 5.41) is 9.02. The van der Waals surface area contributed by atoms with E-state index < -0.39 is 0 Å². The van der Waals surface area contributed by atoms with Crippen molar-refractivity contribution in [2.24, 2.45) is 0 Å². The molecule has 19 heavy (non-hydrogen) atoms. The van der Waals surface area contributed by atoms with E-state index in [1.54, 1.807) is 0 Å². The molecule has 0 bridgehead atoms. The van der Waals surface area contributed by atoms with Gasteiger partial charge in [-0.2, -0.15) is 5.10 Å². The fraction of sp³-hybridized carbons (Fsp3) is 0. The third-order valence-corrected chi connectivity index (χ3v) is 4.23. The van der Waals surface area contributed by atoms with E-state index in [-0.39, 0.29) is 5.56 Å². The normalized spacial score (nSPS) is 10.8. The van der Waals surface area contributed by atoms with E-state index in [1.807, 2.05) is 48.5 Å². The SMILES string of the molecule is O=c1[nH]nc(Sc2ccc(Br)cc2)c2ccccc12. The molecule has 5 heteroatoms. The summed E-state index contributed by atoms with van der Waals surface area (Å²) >= 11 is 4.94. The Balaban J connectivity index is 2.08. The van der Waals surface area contributed by atoms with Gasteiger partial charge in [0.05, 0.1) is 5.39 Å². The van der Waals surface area contributed by atoms with E-state index in [4.69, 9.17) is 0 Å². The minimum atomic E-state index is -0.157. The van der Waals surface area contributed by atoms with E-state index >= 15 is 0 Å². The van der Waals surface area contributed by atoms with E-state index in [9.17, 15) is 4.79 Å². The van der Waals surface area contributed by atoms with Crippen LogP contribution in [0, 0.1) is 0 Å². The number of rotatable bonds is 2. The van der Waals surface area contributed by atoms with Gasteiger partial charge in [0.15, 0.2) is 0 Å². The molecule has 0 atom stereocenters. The average molecular weight is 333 g/mol. The first-order chi connectivity index (χ1) is 9.24. The molecule has 1 N–H and O–H groups in total. The highest BCUT2D eigenvalue weighted by Crippen LogP contribution is 2.30. The molecule has 0 radical (unpaired) electrons. The van der Waals surface area contributed by atoms with E-state index in [1.165, 1.54) is 11.8 Å². The second-order valence-corrected chi connectivity index (χ2v) is 5.94. The van der Waals surface area contributed by atoms with Crippen molar-refractivity contribution in [3.63, 3.8) is 0 Å². The van der Waals surface area contributed by atoms with E-state index in [0.29, 0.717) is 5.39 Å². The number of nitrogens with one attached hydrogen (secondary N) is 1. The molecule has 0 aliphatic heterocycles. The van der Waals surface area contributed by atoms with Gasteiger partial charge in [0.25, 0.3) is 5.56 Å². The van der Waals surface area contributed by atoms with Crippen LogP contribution in [0.1, 0.15) is 0 Å². The van der Waals surface area contributed by atoms with Crippen LogP contribution in [0.25, 0.3) is 10.8 Å². The molecule has 0 unspecified atom stereocenters. The molecule has 3 nitrogen and oxygen atoms in total. The Morgan fingerprint density at radius 3 is 2.42 bits per heavy atom. The molecule has 0 spiro atoms. The number of aromatic nitrogens is 2. The monoisotopic (exact) mass is 332 g/mol. The minimum absolute atomic E-state index is 0.157. The molecule has 0 aliphatic rings. The second kappa shape index (κ2) is 5.19. The van der Waals surface area contributed by atoms with Crippen LogP contribution in [0.2, 0.25) is 0 Å². The lowest BCUT2D eigenvalue weighted by molar-refractivity contribution is 0.927. The molecule has 2 aromatic carbocycles. The Labute approximate surface area is 122 Å². The lowest BCUT2D eigenvalue weighted by atomic mass is 10.2. The predicted octanol–water partition coefficient (Wildman–Crippen LogP) is 3.84. The van der Waals surface area contributed by atoms with Crippen molar-refractivity contribution in [2.75, 3.05) is 0 Å². The van der Waals surface area contributed by atoms with Crippen LogP contribution in [0.15, 0.2) is 67.7 Å². The molecular formula is C14H9BrN2OS. The Morgan fingerprint density at radius 1 is 1.00 bits per heavy atom. The molecule has 0 saturated carbocycles. The largest absolute Gasteiger partial charge is 0.272 e. The van der Waals surface area contributed by atoms with Crippen LogP contribution in [0.5, 0.6) is 0 Å². The number of hydrogen-bond acceptors (Lipinski definition) is 3. The smallest absolute Gasteiger partial charge is 0.267 e. The van der Waals surface area contributed by atoms with Gasteiger partial charge < -0.3 is 0 Å². The zero-order valence-corrected chi connectivity index (χ0v) is 12.2. The summed E-state index contributed by atoms with van der Waals surface area (Å²) in [5.41, 5.74) is -0.157. The van der Waals surface area contributed by atoms with Crippen molar-refractivity contribution in [3.05, 3.63) is 63.4 Å². The summed E-state index contributed by atoms with van der Waals surface area (Å²) in [7, 11) is 0. The summed E-state index contributed by atoms with van der Waals surface area (Å²) in [6.45, 7) is 0. The van der Waals surface area contributed by atoms with Crippen LogP contribution in [0.4, 0.5) is 0 Å². The highest BCUT2D eigenvalue weighted by atomic mass is 79.9. The standard InChI is InChI=1S/C14H9BrN2OS/c15-9-5-7-10(8-6-9)19-14-12-4-2-1-3-11(12)13(18)16-17-14/h1-8H,(H,16,18). The van der Waals surface area contributed by atoms with Gasteiger partial charge in [-0.25, -0.2) is 5.10 Å². The van der Waals surface area contributed by atoms with E-state index in [2.05, 4.69) is 26.1 Å². The minimum Gasteiger partial charge on any atom is -0.267 e. The lowest BCUT2D eigenvalue weighted by Gasteiger charge is -2.04. The van der Waals surface area contributed by atoms with Gasteiger partial charge in [0.2, 0.25) is 0 Å². The van der Waals surface area contributed by atoms with Crippen molar-refractivity contribution in [1.82, 2.24) is 10.2 Å². The number of nitrogens with zero attached hydrogens (tertiary/aromatic N) is 1. The molecule has 1 aromatic heterocycles. The molecule has 3 aromatic rings. The van der Waals surface area contributed by atoms with Gasteiger partial charge >= 0.3 is 0 Å². The van der Waals surface area contributed by atoms with Crippen LogP contribution in [-0.4, -0.2) is 10.2 Å². The quantitative estimate of drug-likeness (QED) is 0.775. The average Bonchev–Trinajstić information content (AvgIpc) is 2.45. The summed E-state index contributed by atoms with van der Waals surface area (Å²) in [6, 6.07) is 15.5. The van der Waals surface area contributed by atoms with Crippen molar-refractivity contribution in [3.8, 4) is 0 Å². The first kappa shape index (κ1) is 12.4. The highest BCUT2D eigenvalue weighted by Gasteiger charge is 2.07. The first-order valence-electron chi connectivity index (χ1n) is 5.65. The lowest BCUT2D eigenvalue weighted by Crippen LogP contribution is -2.08. The Hall–Kier alpha value is -1.59. The van der Waals surface area contributed by atoms with Crippen LogP contribution in [-0.2, 0) is 0 Å². The van der Waals surface area contributed by atoms with E-state index in [0.717, 1.165) is 19.8 Å². The van der Waals surface area contributed by atoms with Crippen molar-refractivity contribution in [2.45, 2.75) is 9.92 Å². The fourth-order valence-electron chi connectivity index (χ4n) is 1.78. The van der Waals surface area contributed by atoms with Crippen molar-refractivity contribution >= 4 is 38.5 Å². The third kappa shape index (κ3) is 2.57. The summed E-state index contributed by atoms with van der Waals surface area (Å²) in [6.07, 6.45) is 0. The summed E-state index contributed by atoms with van der Waals surface area (Å²) in [5.74, 6) is 0. The van der Waals surface area contributed by atoms with Crippen LogP contribution in [0.3, 0.4) is 0 Å². The fourth-order valence-corrected chi connectivity index (χ4v) is 2.92. The van der Waals surface area contributed by atoms with Gasteiger partial charge in [-0.3, -0.25) is 4.79 Å². The third-order valence-electron chi connectivity index (χ3n) is 2.69. The summed E-state index contributed by atoms with van der Waals surface area (Å²) < 4.78 is 1.04. The maximum Gasteiger partial charge on any atom is 0.272 e. The highest BCUT2D eigenvalue weighted by molar-refractivity contribution is 9.10. The van der Waals surface area contributed by atoms with Crippen molar-refractivity contribution < 1.29 is 0 Å². The Kier molecular flexibility index (Phi) is 3.40. The Morgan fingerprint density at radius 2 is 1.68 bits per heavy atom. The van der Waals surface area contributed by atoms with Gasteiger partial charge in [-0.1, -0.05) is 45.9 Å². The summed E-state index contributed by atoms with van der Waals surface area (Å²) in [4.78, 5) is 12.8. The molecule has 0 amide bonds. The molecule has 3 rings (SSSR count). The predicted molar refractivity (Wildman–Crippen MR) is 80.6 cm³/mol. The number of H-pyrrole nitrogens is 1. The Bertz CT molecular complexity index is 783. The number of benzene rings is 2. The topological polar surface area (TPSA) is 45.8 Å². The maximum absolute atomic E-state index is 11.7. The molecule has 94 valence electrons. The molecule has 0 fully saturated rings. The molecular weight excluding hydrogens is 324 g/mol. The number of halogens is 1. The first-order valence-corrected chi connectivity index (χ1v) is 7.26. The van der Waals surface area contributed by atoms with Crippen LogP contribution >= 0.6 is 27.7 Å². The molecule has 0 saturated heterocycles. The number of fused-ring (bicyclic) bond motifs is 1. The van der Waals surface area contributed by atoms with Gasteiger partial charge in [-0.05, 0) is 30.3 Å². The molecule has 0 aliphatic carbocycles. The second-order valence-electron chi connectivity index (χ2n) is 3.96. The van der Waals surface area contributed by atoms with Crippen molar-refractivity contribution in [1.29, 1.82) is 0 Å². The van der Waals surface area contributed by atoms with Crippen LogP contribution < -0.4 is 5.56 Å². The van der Waals surface area contributed by atoms with Gasteiger partial charge in [0.1, 0.15) is 5.03 Å².